The fourth-order valence-corrected chi connectivity index (χ4v) is 1.18. The zero-order valence-corrected chi connectivity index (χ0v) is 9.30. The molecule has 0 unspecified atom stereocenters. The highest BCUT2D eigenvalue weighted by molar-refractivity contribution is 9.10. The summed E-state index contributed by atoms with van der Waals surface area (Å²) in [5.74, 6) is 0.798. The van der Waals surface area contributed by atoms with Crippen LogP contribution in [0.1, 0.15) is 5.69 Å². The van der Waals surface area contributed by atoms with Crippen LogP contribution in [-0.4, -0.2) is 25.3 Å². The molecule has 13 heavy (non-hydrogen) atoms. The number of aryl methyl sites for hydroxylation is 1. The number of ether oxygens (including phenoxy) is 2. The number of pyridine rings is 1. The largest absolute Gasteiger partial charge is 0.489 e. The minimum Gasteiger partial charge on any atom is -0.489 e. The van der Waals surface area contributed by atoms with Gasteiger partial charge in [-0.1, -0.05) is 0 Å². The van der Waals surface area contributed by atoms with Gasteiger partial charge in [-0.2, -0.15) is 0 Å². The third-order valence-corrected chi connectivity index (χ3v) is 1.99. The summed E-state index contributed by atoms with van der Waals surface area (Å²) in [6, 6.07) is 1.90. The molecule has 1 heterocycles. The van der Waals surface area contributed by atoms with E-state index in [2.05, 4.69) is 20.9 Å². The Labute approximate surface area is 86.2 Å². The van der Waals surface area contributed by atoms with E-state index in [4.69, 9.17) is 9.47 Å². The fourth-order valence-electron chi connectivity index (χ4n) is 0.870. The molecule has 1 aromatic rings. The van der Waals surface area contributed by atoms with E-state index in [0.29, 0.717) is 13.2 Å². The molecule has 0 aromatic carbocycles. The highest BCUT2D eigenvalue weighted by Gasteiger charge is 2.00. The summed E-state index contributed by atoms with van der Waals surface area (Å²) in [5.41, 5.74) is 0.888. The predicted octanol–water partition coefficient (Wildman–Crippen LogP) is 2.18. The van der Waals surface area contributed by atoms with Crippen molar-refractivity contribution in [3.63, 3.8) is 0 Å². The Morgan fingerprint density at radius 2 is 2.23 bits per heavy atom. The molecule has 4 heteroatoms. The summed E-state index contributed by atoms with van der Waals surface area (Å²) in [4.78, 5) is 4.14. The van der Waals surface area contributed by atoms with Gasteiger partial charge in [0.2, 0.25) is 0 Å². The average molecular weight is 246 g/mol. The van der Waals surface area contributed by atoms with E-state index < -0.39 is 0 Å². The summed E-state index contributed by atoms with van der Waals surface area (Å²) < 4.78 is 11.2. The molecule has 0 spiro atoms. The predicted molar refractivity (Wildman–Crippen MR) is 54.0 cm³/mol. The van der Waals surface area contributed by atoms with Crippen LogP contribution >= 0.6 is 15.9 Å². The number of halogens is 1. The first-order valence-corrected chi connectivity index (χ1v) is 4.77. The van der Waals surface area contributed by atoms with E-state index in [1.165, 1.54) is 0 Å². The Kier molecular flexibility index (Phi) is 4.18. The lowest BCUT2D eigenvalue weighted by Crippen LogP contribution is -2.05. The summed E-state index contributed by atoms with van der Waals surface area (Å²) in [5, 5.41) is 0. The molecule has 0 aliphatic carbocycles. The van der Waals surface area contributed by atoms with Gasteiger partial charge in [0, 0.05) is 17.8 Å². The van der Waals surface area contributed by atoms with Gasteiger partial charge in [-0.3, -0.25) is 4.98 Å². The average Bonchev–Trinajstić information content (AvgIpc) is 2.11. The third kappa shape index (κ3) is 3.32. The van der Waals surface area contributed by atoms with Gasteiger partial charge >= 0.3 is 0 Å². The lowest BCUT2D eigenvalue weighted by molar-refractivity contribution is 0.145. The minimum absolute atomic E-state index is 0.551. The molecule has 0 amide bonds. The Bertz CT molecular complexity index is 278. The van der Waals surface area contributed by atoms with Crippen molar-refractivity contribution >= 4 is 15.9 Å². The maximum atomic E-state index is 5.44. The highest BCUT2D eigenvalue weighted by atomic mass is 79.9. The van der Waals surface area contributed by atoms with Crippen LogP contribution in [0.15, 0.2) is 16.7 Å². The molecule has 0 aliphatic heterocycles. The molecule has 0 saturated heterocycles. The smallest absolute Gasteiger partial charge is 0.141 e. The van der Waals surface area contributed by atoms with Gasteiger partial charge < -0.3 is 9.47 Å². The zero-order chi connectivity index (χ0) is 9.68. The van der Waals surface area contributed by atoms with Crippen molar-refractivity contribution in [1.29, 1.82) is 0 Å². The van der Waals surface area contributed by atoms with Crippen molar-refractivity contribution in [2.24, 2.45) is 0 Å². The molecule has 0 bridgehead atoms. The lowest BCUT2D eigenvalue weighted by Gasteiger charge is -2.07. The first kappa shape index (κ1) is 10.5. The van der Waals surface area contributed by atoms with Crippen molar-refractivity contribution in [1.82, 2.24) is 4.98 Å². The zero-order valence-electron chi connectivity index (χ0n) is 7.71. The van der Waals surface area contributed by atoms with Crippen molar-refractivity contribution in [2.75, 3.05) is 20.3 Å². The minimum atomic E-state index is 0.551. The Balaban J connectivity index is 2.59. The molecule has 72 valence electrons. The second-order valence-electron chi connectivity index (χ2n) is 2.58. The highest BCUT2D eigenvalue weighted by Crippen LogP contribution is 2.20. The SMILES string of the molecule is COCCOc1cc(Br)cnc1C. The molecule has 0 atom stereocenters. The number of methoxy groups -OCH3 is 1. The van der Waals surface area contributed by atoms with Crippen LogP contribution in [0, 0.1) is 6.92 Å². The second kappa shape index (κ2) is 5.19. The normalized spacial score (nSPS) is 10.1. The molecule has 0 aliphatic rings. The van der Waals surface area contributed by atoms with E-state index in [-0.39, 0.29) is 0 Å². The lowest BCUT2D eigenvalue weighted by atomic mass is 10.3. The van der Waals surface area contributed by atoms with Crippen LogP contribution in [0.3, 0.4) is 0 Å². The summed E-state index contributed by atoms with van der Waals surface area (Å²) >= 11 is 3.33. The van der Waals surface area contributed by atoms with Crippen LogP contribution in [0.4, 0.5) is 0 Å². The second-order valence-corrected chi connectivity index (χ2v) is 3.49. The van der Waals surface area contributed by atoms with Crippen LogP contribution < -0.4 is 4.74 Å². The molecule has 0 saturated carbocycles. The van der Waals surface area contributed by atoms with E-state index >= 15 is 0 Å². The Morgan fingerprint density at radius 1 is 1.46 bits per heavy atom. The van der Waals surface area contributed by atoms with Gasteiger partial charge in [-0.25, -0.2) is 0 Å². The number of aromatic nitrogens is 1. The Morgan fingerprint density at radius 3 is 2.92 bits per heavy atom. The maximum absolute atomic E-state index is 5.44. The molecular weight excluding hydrogens is 234 g/mol. The van der Waals surface area contributed by atoms with Gasteiger partial charge in [0.1, 0.15) is 12.4 Å². The molecule has 1 rings (SSSR count). The monoisotopic (exact) mass is 245 g/mol. The summed E-state index contributed by atoms with van der Waals surface area (Å²) in [6.45, 7) is 3.05. The van der Waals surface area contributed by atoms with Gasteiger partial charge in [-0.15, -0.1) is 0 Å². The fraction of sp³-hybridized carbons (Fsp3) is 0.444. The molecule has 0 N–H and O–H groups in total. The number of hydrogen-bond donors (Lipinski definition) is 0. The van der Waals surface area contributed by atoms with Gasteiger partial charge in [0.05, 0.1) is 12.3 Å². The summed E-state index contributed by atoms with van der Waals surface area (Å²) in [7, 11) is 1.65. The van der Waals surface area contributed by atoms with Crippen molar-refractivity contribution in [2.45, 2.75) is 6.92 Å². The van der Waals surface area contributed by atoms with Crippen molar-refractivity contribution < 1.29 is 9.47 Å². The number of nitrogens with zero attached hydrogens (tertiary/aromatic N) is 1. The van der Waals surface area contributed by atoms with E-state index in [9.17, 15) is 0 Å². The van der Waals surface area contributed by atoms with Crippen molar-refractivity contribution in [3.8, 4) is 5.75 Å². The van der Waals surface area contributed by atoms with Crippen LogP contribution in [0.25, 0.3) is 0 Å². The van der Waals surface area contributed by atoms with Crippen LogP contribution in [0.2, 0.25) is 0 Å². The molecule has 3 nitrogen and oxygen atoms in total. The molecular formula is C9H12BrNO2. The number of hydrogen-bond acceptors (Lipinski definition) is 3. The number of rotatable bonds is 4. The topological polar surface area (TPSA) is 31.4 Å². The maximum Gasteiger partial charge on any atom is 0.141 e. The van der Waals surface area contributed by atoms with E-state index in [0.717, 1.165) is 15.9 Å². The molecule has 1 aromatic heterocycles. The van der Waals surface area contributed by atoms with Gasteiger partial charge in [0.25, 0.3) is 0 Å². The first-order chi connectivity index (χ1) is 6.24. The van der Waals surface area contributed by atoms with Crippen LogP contribution in [-0.2, 0) is 4.74 Å². The third-order valence-electron chi connectivity index (χ3n) is 1.55. The van der Waals surface area contributed by atoms with E-state index in [1.54, 1.807) is 13.3 Å². The molecule has 0 radical (unpaired) electrons. The quantitative estimate of drug-likeness (QED) is 0.763. The molecule has 0 fully saturated rings. The van der Waals surface area contributed by atoms with E-state index in [1.807, 2.05) is 13.0 Å². The van der Waals surface area contributed by atoms with Gasteiger partial charge in [0.15, 0.2) is 0 Å². The Hall–Kier alpha value is -0.610. The standard InChI is InChI=1S/C9H12BrNO2/c1-7-9(13-4-3-12-2)5-8(10)6-11-7/h5-6H,3-4H2,1-2H3. The first-order valence-electron chi connectivity index (χ1n) is 3.98. The summed E-state index contributed by atoms with van der Waals surface area (Å²) in [6.07, 6.45) is 1.75. The van der Waals surface area contributed by atoms with Gasteiger partial charge in [-0.05, 0) is 28.9 Å². The van der Waals surface area contributed by atoms with Crippen LogP contribution in [0.5, 0.6) is 5.75 Å². The van der Waals surface area contributed by atoms with Crippen molar-refractivity contribution in [3.05, 3.63) is 22.4 Å².